The predicted octanol–water partition coefficient (Wildman–Crippen LogP) is 4.15. The smallest absolute Gasteiger partial charge is 0.338 e. The van der Waals surface area contributed by atoms with Crippen molar-refractivity contribution < 1.29 is 23.8 Å². The Labute approximate surface area is 134 Å². The summed E-state index contributed by atoms with van der Waals surface area (Å²) in [5.74, 6) is -1.35. The van der Waals surface area contributed by atoms with E-state index in [1.54, 1.807) is 19.1 Å². The molecule has 1 N–H and O–H groups in total. The van der Waals surface area contributed by atoms with E-state index in [9.17, 15) is 14.0 Å². The average Bonchev–Trinajstić information content (AvgIpc) is 2.46. The van der Waals surface area contributed by atoms with Crippen LogP contribution >= 0.6 is 11.6 Å². The molecule has 0 saturated carbocycles. The summed E-state index contributed by atoms with van der Waals surface area (Å²) >= 11 is 5.90. The molecule has 4 nitrogen and oxygen atoms in total. The van der Waals surface area contributed by atoms with E-state index in [1.807, 2.05) is 0 Å². The lowest BCUT2D eigenvalue weighted by Crippen LogP contribution is -2.33. The van der Waals surface area contributed by atoms with E-state index in [2.05, 4.69) is 0 Å². The van der Waals surface area contributed by atoms with Gasteiger partial charge in [-0.3, -0.25) is 4.79 Å². The maximum Gasteiger partial charge on any atom is 0.338 e. The van der Waals surface area contributed by atoms with E-state index >= 15 is 0 Å². The number of aliphatic carboxylic acids is 1. The van der Waals surface area contributed by atoms with Crippen molar-refractivity contribution >= 4 is 23.4 Å². The second-order valence-electron chi connectivity index (χ2n) is 5.69. The van der Waals surface area contributed by atoms with E-state index in [-0.39, 0.29) is 18.6 Å². The summed E-state index contributed by atoms with van der Waals surface area (Å²) in [6, 6.07) is 4.74. The van der Waals surface area contributed by atoms with Crippen LogP contribution in [0.1, 0.15) is 44.0 Å². The largest absolute Gasteiger partial charge is 0.493 e. The number of halogens is 2. The minimum atomic E-state index is -2.02. The molecule has 1 unspecified atom stereocenters. The van der Waals surface area contributed by atoms with E-state index in [0.717, 1.165) is 0 Å². The lowest BCUT2D eigenvalue weighted by Gasteiger charge is -2.25. The van der Waals surface area contributed by atoms with Gasteiger partial charge in [0.25, 0.3) is 0 Å². The Morgan fingerprint density at radius 3 is 2.59 bits per heavy atom. The Morgan fingerprint density at radius 1 is 1.41 bits per heavy atom. The van der Waals surface area contributed by atoms with Crippen LogP contribution in [0.4, 0.5) is 4.39 Å². The number of alkyl halides is 1. The topological polar surface area (TPSA) is 63.6 Å². The first-order chi connectivity index (χ1) is 10.2. The molecular formula is C16H20ClFO4. The Kier molecular flexibility index (Phi) is 6.35. The summed E-state index contributed by atoms with van der Waals surface area (Å²) in [5, 5.41) is 9.16. The Hall–Kier alpha value is -1.62. The molecule has 0 aromatic heterocycles. The first-order valence-electron chi connectivity index (χ1n) is 7.01. The summed E-state index contributed by atoms with van der Waals surface area (Å²) in [7, 11) is 0. The van der Waals surface area contributed by atoms with Crippen LogP contribution in [0.3, 0.4) is 0 Å². The van der Waals surface area contributed by atoms with Crippen LogP contribution in [0.15, 0.2) is 18.2 Å². The second-order valence-corrected chi connectivity index (χ2v) is 6.12. The number of ketones is 1. The average molecular weight is 331 g/mol. The van der Waals surface area contributed by atoms with Gasteiger partial charge < -0.3 is 9.84 Å². The van der Waals surface area contributed by atoms with Crippen LogP contribution in [-0.4, -0.2) is 29.6 Å². The lowest BCUT2D eigenvalue weighted by atomic mass is 9.81. The minimum Gasteiger partial charge on any atom is -0.493 e. The molecule has 22 heavy (non-hydrogen) atoms. The van der Waals surface area contributed by atoms with Gasteiger partial charge in [0.05, 0.1) is 12.2 Å². The first kappa shape index (κ1) is 18.4. The quantitative estimate of drug-likeness (QED) is 0.727. The Balaban J connectivity index is 2.85. The van der Waals surface area contributed by atoms with Gasteiger partial charge in [-0.25, -0.2) is 9.18 Å². The molecule has 0 bridgehead atoms. The van der Waals surface area contributed by atoms with Crippen molar-refractivity contribution in [3.05, 3.63) is 28.8 Å². The van der Waals surface area contributed by atoms with Crippen LogP contribution in [0.2, 0.25) is 5.02 Å². The molecular weight excluding hydrogens is 311 g/mol. The SMILES string of the molecule is CCOc1ccc(Cl)cc1C(=O)CCC(C)(C)C(F)C(=O)O. The number of carbonyl (C=O) groups is 2. The van der Waals surface area contributed by atoms with Gasteiger partial charge in [0.15, 0.2) is 5.78 Å². The molecule has 1 aromatic rings. The molecule has 122 valence electrons. The van der Waals surface area contributed by atoms with Crippen LogP contribution in [0.5, 0.6) is 5.75 Å². The highest BCUT2D eigenvalue weighted by molar-refractivity contribution is 6.31. The zero-order chi connectivity index (χ0) is 16.9. The van der Waals surface area contributed by atoms with Gasteiger partial charge >= 0.3 is 5.97 Å². The van der Waals surface area contributed by atoms with Crippen molar-refractivity contribution in [2.45, 2.75) is 39.8 Å². The fourth-order valence-corrected chi connectivity index (χ4v) is 2.20. The second kappa shape index (κ2) is 7.58. The van der Waals surface area contributed by atoms with E-state index in [0.29, 0.717) is 22.9 Å². The molecule has 0 saturated heterocycles. The molecule has 0 amide bonds. The van der Waals surface area contributed by atoms with E-state index in [4.69, 9.17) is 21.4 Å². The third-order valence-electron chi connectivity index (χ3n) is 3.44. The summed E-state index contributed by atoms with van der Waals surface area (Å²) in [4.78, 5) is 23.1. The molecule has 1 aromatic carbocycles. The highest BCUT2D eigenvalue weighted by Crippen LogP contribution is 2.32. The number of rotatable bonds is 8. The lowest BCUT2D eigenvalue weighted by molar-refractivity contribution is -0.147. The number of carbonyl (C=O) groups excluding carboxylic acids is 1. The predicted molar refractivity (Wildman–Crippen MR) is 82.5 cm³/mol. The first-order valence-corrected chi connectivity index (χ1v) is 7.39. The van der Waals surface area contributed by atoms with Gasteiger partial charge in [0.1, 0.15) is 5.75 Å². The van der Waals surface area contributed by atoms with Crippen molar-refractivity contribution in [2.24, 2.45) is 5.41 Å². The molecule has 0 aliphatic heterocycles. The van der Waals surface area contributed by atoms with Gasteiger partial charge in [0, 0.05) is 16.9 Å². The van der Waals surface area contributed by atoms with Gasteiger partial charge in [-0.05, 0) is 31.5 Å². The summed E-state index contributed by atoms with van der Waals surface area (Å²) in [6.45, 7) is 5.17. The van der Waals surface area contributed by atoms with Crippen molar-refractivity contribution in [3.63, 3.8) is 0 Å². The van der Waals surface area contributed by atoms with Gasteiger partial charge in [-0.15, -0.1) is 0 Å². The van der Waals surface area contributed by atoms with Crippen LogP contribution in [0.25, 0.3) is 0 Å². The molecule has 1 rings (SSSR count). The number of hydrogen-bond acceptors (Lipinski definition) is 3. The standard InChI is InChI=1S/C16H20ClFO4/c1-4-22-13-6-5-10(17)9-11(13)12(19)7-8-16(2,3)14(18)15(20)21/h5-6,9,14H,4,7-8H2,1-3H3,(H,20,21). The fraction of sp³-hybridized carbons (Fsp3) is 0.500. The summed E-state index contributed by atoms with van der Waals surface area (Å²) in [5.41, 5.74) is -0.804. The zero-order valence-electron chi connectivity index (χ0n) is 12.9. The normalized spacial score (nSPS) is 12.8. The number of benzene rings is 1. The van der Waals surface area contributed by atoms with Crippen molar-refractivity contribution in [3.8, 4) is 5.75 Å². The molecule has 0 aliphatic carbocycles. The van der Waals surface area contributed by atoms with Gasteiger partial charge in [0.2, 0.25) is 6.17 Å². The van der Waals surface area contributed by atoms with E-state index < -0.39 is 17.6 Å². The third-order valence-corrected chi connectivity index (χ3v) is 3.68. The number of carboxylic acid groups (broad SMARTS) is 1. The minimum absolute atomic E-state index is 0.0150. The molecule has 0 radical (unpaired) electrons. The van der Waals surface area contributed by atoms with Gasteiger partial charge in [-0.1, -0.05) is 25.4 Å². The molecule has 0 spiro atoms. The van der Waals surface area contributed by atoms with Crippen molar-refractivity contribution in [1.82, 2.24) is 0 Å². The highest BCUT2D eigenvalue weighted by Gasteiger charge is 2.35. The molecule has 1 atom stereocenters. The Bertz CT molecular complexity index is 557. The van der Waals surface area contributed by atoms with Gasteiger partial charge in [-0.2, -0.15) is 0 Å². The van der Waals surface area contributed by atoms with Crippen LogP contribution < -0.4 is 4.74 Å². The fourth-order valence-electron chi connectivity index (χ4n) is 2.03. The molecule has 0 heterocycles. The molecule has 0 fully saturated rings. The monoisotopic (exact) mass is 330 g/mol. The summed E-state index contributed by atoms with van der Waals surface area (Å²) < 4.78 is 19.0. The molecule has 0 aliphatic rings. The number of Topliss-reactive ketones (excluding diaryl/α,β-unsaturated/α-hetero) is 1. The number of hydrogen-bond donors (Lipinski definition) is 1. The van der Waals surface area contributed by atoms with Crippen molar-refractivity contribution in [2.75, 3.05) is 6.61 Å². The van der Waals surface area contributed by atoms with Crippen molar-refractivity contribution in [1.29, 1.82) is 0 Å². The van der Waals surface area contributed by atoms with Crippen LogP contribution in [0, 0.1) is 5.41 Å². The number of ether oxygens (including phenoxy) is 1. The summed E-state index contributed by atoms with van der Waals surface area (Å²) in [6.07, 6.45) is -1.90. The third kappa shape index (κ3) is 4.70. The maximum atomic E-state index is 13.7. The Morgan fingerprint density at radius 2 is 2.05 bits per heavy atom. The highest BCUT2D eigenvalue weighted by atomic mass is 35.5. The number of carboxylic acids is 1. The van der Waals surface area contributed by atoms with E-state index in [1.165, 1.54) is 19.9 Å². The van der Waals surface area contributed by atoms with Crippen LogP contribution in [-0.2, 0) is 4.79 Å². The maximum absolute atomic E-state index is 13.7. The zero-order valence-corrected chi connectivity index (χ0v) is 13.6. The molecule has 6 heteroatoms.